The van der Waals surface area contributed by atoms with Crippen molar-refractivity contribution in [2.24, 2.45) is 0 Å². The van der Waals surface area contributed by atoms with Crippen molar-refractivity contribution in [2.45, 2.75) is 13.8 Å². The van der Waals surface area contributed by atoms with E-state index in [1.807, 2.05) is 45.0 Å². The van der Waals surface area contributed by atoms with Gasteiger partial charge in [0.2, 0.25) is 0 Å². The fourth-order valence-electron chi connectivity index (χ4n) is 1.84. The van der Waals surface area contributed by atoms with Gasteiger partial charge in [-0.25, -0.2) is 0 Å². The predicted molar refractivity (Wildman–Crippen MR) is 71.7 cm³/mol. The summed E-state index contributed by atoms with van der Waals surface area (Å²) < 4.78 is 0. The van der Waals surface area contributed by atoms with E-state index >= 15 is 0 Å². The normalized spacial score (nSPS) is 10.9. The van der Waals surface area contributed by atoms with E-state index in [1.54, 1.807) is 0 Å². The molecule has 1 aromatic rings. The molecule has 0 aliphatic heterocycles. The van der Waals surface area contributed by atoms with Crippen LogP contribution in [-0.4, -0.2) is 44.4 Å². The molecule has 0 bridgehead atoms. The Morgan fingerprint density at radius 2 is 2.06 bits per heavy atom. The van der Waals surface area contributed by atoms with Crippen molar-refractivity contribution in [2.75, 3.05) is 33.7 Å². The molecule has 3 nitrogen and oxygen atoms in total. The third kappa shape index (κ3) is 4.29. The molecule has 0 saturated carbocycles. The molecule has 0 amide bonds. The zero-order chi connectivity index (χ0) is 12.8. The molecule has 0 heterocycles. The molecule has 0 saturated heterocycles. The van der Waals surface area contributed by atoms with Crippen LogP contribution in [0.5, 0.6) is 0 Å². The monoisotopic (exact) mass is 234 g/mol. The lowest BCUT2D eigenvalue weighted by Gasteiger charge is -2.16. The number of aryl methyl sites for hydroxylation is 2. The number of hydrogen-bond donors (Lipinski definition) is 1. The fraction of sp³-hybridized carbons (Fsp3) is 0.500. The number of nitrogens with one attached hydrogen (secondary N) is 1. The molecule has 1 aromatic carbocycles. The second-order valence-electron chi connectivity index (χ2n) is 4.58. The predicted octanol–water partition coefficient (Wildman–Crippen LogP) is 1.64. The van der Waals surface area contributed by atoms with Crippen LogP contribution in [0, 0.1) is 13.8 Å². The fourth-order valence-corrected chi connectivity index (χ4v) is 1.84. The van der Waals surface area contributed by atoms with Crippen molar-refractivity contribution in [1.82, 2.24) is 10.2 Å². The van der Waals surface area contributed by atoms with Gasteiger partial charge in [0.15, 0.2) is 5.78 Å². The first-order valence-electron chi connectivity index (χ1n) is 5.98. The molecule has 1 N–H and O–H groups in total. The molecule has 0 aliphatic carbocycles. The average Bonchev–Trinajstić information content (AvgIpc) is 2.26. The van der Waals surface area contributed by atoms with Gasteiger partial charge in [-0.15, -0.1) is 0 Å². The van der Waals surface area contributed by atoms with E-state index in [4.69, 9.17) is 0 Å². The van der Waals surface area contributed by atoms with Crippen LogP contribution in [0.4, 0.5) is 0 Å². The zero-order valence-corrected chi connectivity index (χ0v) is 11.2. The van der Waals surface area contributed by atoms with Crippen molar-refractivity contribution in [1.29, 1.82) is 0 Å². The van der Waals surface area contributed by atoms with Crippen LogP contribution in [-0.2, 0) is 0 Å². The lowest BCUT2D eigenvalue weighted by Crippen LogP contribution is -2.32. The van der Waals surface area contributed by atoms with E-state index in [1.165, 1.54) is 5.56 Å². The highest BCUT2D eigenvalue weighted by atomic mass is 16.1. The standard InChI is InChI=1S/C14H22N2O/c1-11-5-6-13(12(2)9-11)14(17)10-16(4)8-7-15-3/h5-6,9,15H,7-8,10H2,1-4H3. The van der Waals surface area contributed by atoms with Gasteiger partial charge in [-0.1, -0.05) is 23.8 Å². The first kappa shape index (κ1) is 13.9. The Labute approximate surface area is 104 Å². The first-order valence-corrected chi connectivity index (χ1v) is 5.98. The van der Waals surface area contributed by atoms with Gasteiger partial charge >= 0.3 is 0 Å². The minimum absolute atomic E-state index is 0.195. The molecule has 0 aromatic heterocycles. The van der Waals surface area contributed by atoms with Crippen LogP contribution in [0.3, 0.4) is 0 Å². The van der Waals surface area contributed by atoms with Gasteiger partial charge in [0.05, 0.1) is 6.54 Å². The highest BCUT2D eigenvalue weighted by molar-refractivity contribution is 5.98. The Balaban J connectivity index is 2.63. The number of rotatable bonds is 6. The van der Waals surface area contributed by atoms with Crippen LogP contribution < -0.4 is 5.32 Å². The molecule has 0 atom stereocenters. The Hall–Kier alpha value is -1.19. The van der Waals surface area contributed by atoms with E-state index in [0.29, 0.717) is 6.54 Å². The van der Waals surface area contributed by atoms with E-state index in [2.05, 4.69) is 11.4 Å². The minimum atomic E-state index is 0.195. The van der Waals surface area contributed by atoms with Gasteiger partial charge in [0, 0.05) is 18.7 Å². The topological polar surface area (TPSA) is 32.3 Å². The SMILES string of the molecule is CNCCN(C)CC(=O)c1ccc(C)cc1C. The number of hydrogen-bond acceptors (Lipinski definition) is 3. The highest BCUT2D eigenvalue weighted by Gasteiger charge is 2.11. The second-order valence-corrected chi connectivity index (χ2v) is 4.58. The average molecular weight is 234 g/mol. The third-order valence-corrected chi connectivity index (χ3v) is 2.84. The van der Waals surface area contributed by atoms with Gasteiger partial charge in [-0.2, -0.15) is 0 Å². The van der Waals surface area contributed by atoms with Crippen LogP contribution >= 0.6 is 0 Å². The van der Waals surface area contributed by atoms with Crippen LogP contribution in [0.15, 0.2) is 18.2 Å². The molecule has 0 fully saturated rings. The molecule has 0 unspecified atom stereocenters. The van der Waals surface area contributed by atoms with Crippen molar-refractivity contribution in [3.63, 3.8) is 0 Å². The second kappa shape index (κ2) is 6.52. The maximum absolute atomic E-state index is 12.1. The van der Waals surface area contributed by atoms with Crippen molar-refractivity contribution in [3.8, 4) is 0 Å². The molecule has 0 spiro atoms. The largest absolute Gasteiger partial charge is 0.318 e. The minimum Gasteiger partial charge on any atom is -0.318 e. The molecule has 17 heavy (non-hydrogen) atoms. The third-order valence-electron chi connectivity index (χ3n) is 2.84. The number of benzene rings is 1. The summed E-state index contributed by atoms with van der Waals surface area (Å²) in [5, 5.41) is 3.08. The number of Topliss-reactive ketones (excluding diaryl/α,β-unsaturated/α-hetero) is 1. The van der Waals surface area contributed by atoms with Gasteiger partial charge in [0.1, 0.15) is 0 Å². The van der Waals surface area contributed by atoms with Crippen LogP contribution in [0.2, 0.25) is 0 Å². The van der Waals surface area contributed by atoms with Crippen LogP contribution in [0.1, 0.15) is 21.5 Å². The van der Waals surface area contributed by atoms with Crippen molar-refractivity contribution in [3.05, 3.63) is 34.9 Å². The number of ketones is 1. The Kier molecular flexibility index (Phi) is 5.32. The van der Waals surface area contributed by atoms with Crippen molar-refractivity contribution < 1.29 is 4.79 Å². The lowest BCUT2D eigenvalue weighted by atomic mass is 10.0. The van der Waals surface area contributed by atoms with E-state index in [-0.39, 0.29) is 5.78 Å². The Morgan fingerprint density at radius 1 is 1.35 bits per heavy atom. The van der Waals surface area contributed by atoms with E-state index in [0.717, 1.165) is 24.2 Å². The molecule has 0 aliphatic rings. The highest BCUT2D eigenvalue weighted by Crippen LogP contribution is 2.11. The van der Waals surface area contributed by atoms with Gasteiger partial charge in [-0.05, 0) is 33.5 Å². The Bertz CT molecular complexity index is 388. The lowest BCUT2D eigenvalue weighted by molar-refractivity contribution is 0.0946. The zero-order valence-electron chi connectivity index (χ0n) is 11.2. The number of nitrogens with zero attached hydrogens (tertiary/aromatic N) is 1. The van der Waals surface area contributed by atoms with Gasteiger partial charge in [0.25, 0.3) is 0 Å². The molecule has 3 heteroatoms. The molecule has 94 valence electrons. The smallest absolute Gasteiger partial charge is 0.177 e. The summed E-state index contributed by atoms with van der Waals surface area (Å²) in [6.45, 7) is 6.30. The number of carbonyl (C=O) groups is 1. The summed E-state index contributed by atoms with van der Waals surface area (Å²) in [6.07, 6.45) is 0. The number of carbonyl (C=O) groups excluding carboxylic acids is 1. The van der Waals surface area contributed by atoms with Gasteiger partial charge in [-0.3, -0.25) is 9.69 Å². The first-order chi connectivity index (χ1) is 8.04. The quantitative estimate of drug-likeness (QED) is 0.759. The summed E-state index contributed by atoms with van der Waals surface area (Å²) in [6, 6.07) is 5.98. The maximum atomic E-state index is 12.1. The summed E-state index contributed by atoms with van der Waals surface area (Å²) in [5.74, 6) is 0.195. The molecule has 1 rings (SSSR count). The molecular weight excluding hydrogens is 212 g/mol. The summed E-state index contributed by atoms with van der Waals surface area (Å²) in [4.78, 5) is 14.1. The summed E-state index contributed by atoms with van der Waals surface area (Å²) in [5.41, 5.74) is 3.10. The summed E-state index contributed by atoms with van der Waals surface area (Å²) >= 11 is 0. The van der Waals surface area contributed by atoms with Crippen molar-refractivity contribution >= 4 is 5.78 Å². The Morgan fingerprint density at radius 3 is 2.65 bits per heavy atom. The molecular formula is C14H22N2O. The van der Waals surface area contributed by atoms with E-state index in [9.17, 15) is 4.79 Å². The van der Waals surface area contributed by atoms with E-state index < -0.39 is 0 Å². The van der Waals surface area contributed by atoms with Gasteiger partial charge < -0.3 is 5.32 Å². The summed E-state index contributed by atoms with van der Waals surface area (Å²) in [7, 11) is 3.89. The molecule has 0 radical (unpaired) electrons. The maximum Gasteiger partial charge on any atom is 0.177 e. The van der Waals surface area contributed by atoms with Crippen LogP contribution in [0.25, 0.3) is 0 Å². The number of likely N-dealkylation sites (N-methyl/N-ethyl adjacent to an activating group) is 2.